The average Bonchev–Trinajstić information content (AvgIpc) is 2.73. The second-order valence-corrected chi connectivity index (χ2v) is 7.38. The van der Waals surface area contributed by atoms with E-state index in [0.29, 0.717) is 19.8 Å². The van der Waals surface area contributed by atoms with E-state index in [9.17, 15) is 9.18 Å². The molecule has 4 rings (SSSR count). The number of morpholine rings is 1. The molecule has 6 heteroatoms. The summed E-state index contributed by atoms with van der Waals surface area (Å²) >= 11 is 0. The van der Waals surface area contributed by atoms with Crippen LogP contribution in [0.3, 0.4) is 0 Å². The quantitative estimate of drug-likeness (QED) is 0.853. The fourth-order valence-corrected chi connectivity index (χ4v) is 3.97. The van der Waals surface area contributed by atoms with E-state index in [4.69, 9.17) is 4.74 Å². The standard InChI is InChI=1S/C22H26FN3O2/c1-15(18-4-2-3-5-21(18)26-8-10-28-11-9-26)25-22(27)19-12-17-14-24-7-6-16(17)13-20(19)23/h2-5,12-13,15,24H,6-11,14H2,1H3,(H,25,27). The summed E-state index contributed by atoms with van der Waals surface area (Å²) in [7, 11) is 0. The van der Waals surface area contributed by atoms with Gasteiger partial charge in [0.15, 0.2) is 0 Å². The van der Waals surface area contributed by atoms with Crippen LogP contribution in [0.25, 0.3) is 0 Å². The predicted molar refractivity (Wildman–Crippen MR) is 107 cm³/mol. The molecule has 148 valence electrons. The molecule has 2 aliphatic rings. The lowest BCUT2D eigenvalue weighted by molar-refractivity contribution is 0.0935. The van der Waals surface area contributed by atoms with Crippen molar-refractivity contribution in [1.82, 2.24) is 10.6 Å². The van der Waals surface area contributed by atoms with Crippen molar-refractivity contribution in [1.29, 1.82) is 0 Å². The third-order valence-electron chi connectivity index (χ3n) is 5.52. The molecule has 1 saturated heterocycles. The lowest BCUT2D eigenvalue weighted by atomic mass is 9.97. The number of hydrogen-bond acceptors (Lipinski definition) is 4. The first kappa shape index (κ1) is 18.9. The predicted octanol–water partition coefficient (Wildman–Crippen LogP) is 2.80. The summed E-state index contributed by atoms with van der Waals surface area (Å²) in [5.41, 5.74) is 4.21. The number of anilines is 1. The number of benzene rings is 2. The normalized spacial score (nSPS) is 17.7. The van der Waals surface area contributed by atoms with Gasteiger partial charge in [0.25, 0.3) is 5.91 Å². The van der Waals surface area contributed by atoms with Crippen molar-refractivity contribution in [2.45, 2.75) is 25.9 Å². The van der Waals surface area contributed by atoms with Crippen molar-refractivity contribution in [3.05, 3.63) is 64.5 Å². The summed E-state index contributed by atoms with van der Waals surface area (Å²) in [4.78, 5) is 15.1. The second-order valence-electron chi connectivity index (χ2n) is 7.38. The molecule has 0 aromatic heterocycles. The lowest BCUT2D eigenvalue weighted by Crippen LogP contribution is -2.37. The van der Waals surface area contributed by atoms with Gasteiger partial charge < -0.3 is 20.3 Å². The van der Waals surface area contributed by atoms with Crippen LogP contribution in [0.5, 0.6) is 0 Å². The van der Waals surface area contributed by atoms with Gasteiger partial charge in [-0.2, -0.15) is 0 Å². The molecule has 2 N–H and O–H groups in total. The average molecular weight is 383 g/mol. The molecule has 0 spiro atoms. The summed E-state index contributed by atoms with van der Waals surface area (Å²) in [6.45, 7) is 6.49. The van der Waals surface area contributed by atoms with E-state index in [0.717, 1.165) is 48.4 Å². The Balaban J connectivity index is 1.54. The largest absolute Gasteiger partial charge is 0.378 e. The summed E-state index contributed by atoms with van der Waals surface area (Å²) < 4.78 is 20.0. The molecule has 2 heterocycles. The highest BCUT2D eigenvalue weighted by molar-refractivity contribution is 5.95. The van der Waals surface area contributed by atoms with E-state index in [1.54, 1.807) is 6.07 Å². The van der Waals surface area contributed by atoms with Crippen LogP contribution in [0.2, 0.25) is 0 Å². The number of para-hydroxylation sites is 1. The molecule has 1 atom stereocenters. The Morgan fingerprint density at radius 3 is 2.82 bits per heavy atom. The third kappa shape index (κ3) is 3.88. The first-order chi connectivity index (χ1) is 13.6. The molecule has 28 heavy (non-hydrogen) atoms. The molecule has 2 aromatic carbocycles. The monoisotopic (exact) mass is 383 g/mol. The van der Waals surface area contributed by atoms with Crippen LogP contribution in [0, 0.1) is 5.82 Å². The number of amides is 1. The first-order valence-corrected chi connectivity index (χ1v) is 9.88. The molecule has 5 nitrogen and oxygen atoms in total. The maximum atomic E-state index is 14.5. The fourth-order valence-electron chi connectivity index (χ4n) is 3.97. The minimum absolute atomic E-state index is 0.109. The number of fused-ring (bicyclic) bond motifs is 1. The highest BCUT2D eigenvalue weighted by Gasteiger charge is 2.22. The van der Waals surface area contributed by atoms with Gasteiger partial charge in [-0.15, -0.1) is 0 Å². The number of carbonyl (C=O) groups excluding carboxylic acids is 1. The smallest absolute Gasteiger partial charge is 0.254 e. The zero-order chi connectivity index (χ0) is 19.5. The van der Waals surface area contributed by atoms with E-state index in [2.05, 4.69) is 21.6 Å². The van der Waals surface area contributed by atoms with Crippen molar-refractivity contribution in [3.8, 4) is 0 Å². The van der Waals surface area contributed by atoms with Gasteiger partial charge in [0.1, 0.15) is 5.82 Å². The fraction of sp³-hybridized carbons (Fsp3) is 0.409. The molecular formula is C22H26FN3O2. The summed E-state index contributed by atoms with van der Waals surface area (Å²) in [6, 6.07) is 11.0. The highest BCUT2D eigenvalue weighted by atomic mass is 19.1. The number of hydrogen-bond donors (Lipinski definition) is 2. The molecule has 1 amide bonds. The minimum Gasteiger partial charge on any atom is -0.378 e. The molecule has 0 bridgehead atoms. The number of halogens is 1. The Kier molecular flexibility index (Phi) is 5.59. The topological polar surface area (TPSA) is 53.6 Å². The maximum absolute atomic E-state index is 14.5. The second kappa shape index (κ2) is 8.29. The zero-order valence-corrected chi connectivity index (χ0v) is 16.1. The molecule has 1 unspecified atom stereocenters. The Labute approximate surface area is 164 Å². The third-order valence-corrected chi connectivity index (χ3v) is 5.52. The van der Waals surface area contributed by atoms with Crippen LogP contribution in [-0.4, -0.2) is 38.8 Å². The van der Waals surface area contributed by atoms with Gasteiger partial charge >= 0.3 is 0 Å². The van der Waals surface area contributed by atoms with E-state index in [-0.39, 0.29) is 17.5 Å². The van der Waals surface area contributed by atoms with Crippen LogP contribution in [0.4, 0.5) is 10.1 Å². The summed E-state index contributed by atoms with van der Waals surface area (Å²) in [5.74, 6) is -0.832. The van der Waals surface area contributed by atoms with Crippen molar-refractivity contribution in [2.24, 2.45) is 0 Å². The SMILES string of the molecule is CC(NC(=O)c1cc2c(cc1F)CCNC2)c1ccccc1N1CCOCC1. The van der Waals surface area contributed by atoms with Crippen LogP contribution in [-0.2, 0) is 17.7 Å². The van der Waals surface area contributed by atoms with Crippen molar-refractivity contribution in [3.63, 3.8) is 0 Å². The van der Waals surface area contributed by atoms with Crippen molar-refractivity contribution < 1.29 is 13.9 Å². The van der Waals surface area contributed by atoms with Gasteiger partial charge in [0.05, 0.1) is 24.8 Å². The number of ether oxygens (including phenoxy) is 1. The molecule has 0 saturated carbocycles. The van der Waals surface area contributed by atoms with Gasteiger partial charge in [-0.1, -0.05) is 18.2 Å². The van der Waals surface area contributed by atoms with Gasteiger partial charge in [-0.3, -0.25) is 4.79 Å². The number of nitrogens with zero attached hydrogens (tertiary/aromatic N) is 1. The van der Waals surface area contributed by atoms with Gasteiger partial charge in [-0.25, -0.2) is 4.39 Å². The summed E-state index contributed by atoms with van der Waals surface area (Å²) in [6.07, 6.45) is 0.789. The van der Waals surface area contributed by atoms with Gasteiger partial charge in [-0.05, 0) is 54.8 Å². The van der Waals surface area contributed by atoms with Crippen LogP contribution in [0.15, 0.2) is 36.4 Å². The maximum Gasteiger partial charge on any atom is 0.254 e. The molecule has 0 aliphatic carbocycles. The molecule has 2 aliphatic heterocycles. The van der Waals surface area contributed by atoms with Crippen LogP contribution < -0.4 is 15.5 Å². The first-order valence-electron chi connectivity index (χ1n) is 9.88. The van der Waals surface area contributed by atoms with E-state index in [1.807, 2.05) is 25.1 Å². The zero-order valence-electron chi connectivity index (χ0n) is 16.1. The Morgan fingerprint density at radius 2 is 2.00 bits per heavy atom. The number of rotatable bonds is 4. The minimum atomic E-state index is -0.452. The van der Waals surface area contributed by atoms with Gasteiger partial charge in [0, 0.05) is 25.3 Å². The molecule has 1 fully saturated rings. The Hall–Kier alpha value is -2.44. The molecular weight excluding hydrogens is 357 g/mol. The molecule has 2 aromatic rings. The van der Waals surface area contributed by atoms with Crippen LogP contribution in [0.1, 0.15) is 40.0 Å². The Bertz CT molecular complexity index is 865. The Morgan fingerprint density at radius 1 is 1.21 bits per heavy atom. The molecule has 0 radical (unpaired) electrons. The van der Waals surface area contributed by atoms with E-state index < -0.39 is 5.82 Å². The summed E-state index contributed by atoms with van der Waals surface area (Å²) in [5, 5.41) is 6.25. The van der Waals surface area contributed by atoms with Crippen LogP contribution >= 0.6 is 0 Å². The number of nitrogens with one attached hydrogen (secondary N) is 2. The van der Waals surface area contributed by atoms with Crippen molar-refractivity contribution >= 4 is 11.6 Å². The van der Waals surface area contributed by atoms with Gasteiger partial charge in [0.2, 0.25) is 0 Å². The van der Waals surface area contributed by atoms with E-state index >= 15 is 0 Å². The van der Waals surface area contributed by atoms with E-state index in [1.165, 1.54) is 6.07 Å². The highest BCUT2D eigenvalue weighted by Crippen LogP contribution is 2.28. The number of carbonyl (C=O) groups is 1. The lowest BCUT2D eigenvalue weighted by Gasteiger charge is -2.32. The van der Waals surface area contributed by atoms with Crippen molar-refractivity contribution in [2.75, 3.05) is 37.7 Å².